The molecule has 0 radical (unpaired) electrons. The fourth-order valence-electron chi connectivity index (χ4n) is 1.94. The molecule has 0 saturated carbocycles. The van der Waals surface area contributed by atoms with Crippen molar-refractivity contribution in [3.05, 3.63) is 53.8 Å². The molecule has 1 N–H and O–H groups in total. The van der Waals surface area contributed by atoms with Crippen molar-refractivity contribution < 1.29 is 9.50 Å². The van der Waals surface area contributed by atoms with Crippen molar-refractivity contribution in [2.45, 2.75) is 22.3 Å². The first kappa shape index (κ1) is 13.5. The number of para-hydroxylation sites is 1. The van der Waals surface area contributed by atoms with Gasteiger partial charge in [0.1, 0.15) is 5.82 Å². The first-order valence-electron chi connectivity index (χ1n) is 6.15. The third kappa shape index (κ3) is 2.57. The maximum absolute atomic E-state index is 14.0. The quantitative estimate of drug-likeness (QED) is 0.765. The van der Waals surface area contributed by atoms with Crippen LogP contribution in [0.5, 0.6) is 0 Å². The van der Waals surface area contributed by atoms with Crippen LogP contribution in [0.25, 0.3) is 10.2 Å². The molecule has 0 aliphatic heterocycles. The van der Waals surface area contributed by atoms with Gasteiger partial charge in [-0.15, -0.1) is 11.3 Å². The highest BCUT2D eigenvalue weighted by Crippen LogP contribution is 2.38. The summed E-state index contributed by atoms with van der Waals surface area (Å²) in [7, 11) is 0. The van der Waals surface area contributed by atoms with Crippen LogP contribution in [0.1, 0.15) is 18.6 Å². The van der Waals surface area contributed by atoms with Gasteiger partial charge in [0.15, 0.2) is 4.34 Å². The Balaban J connectivity index is 2.02. The largest absolute Gasteiger partial charge is 0.389 e. The molecule has 0 fully saturated rings. The topological polar surface area (TPSA) is 33.1 Å². The van der Waals surface area contributed by atoms with Gasteiger partial charge in [-0.1, -0.05) is 36.0 Å². The Morgan fingerprint density at radius 2 is 2.00 bits per heavy atom. The minimum atomic E-state index is -0.706. The number of aliphatic hydroxyl groups is 1. The summed E-state index contributed by atoms with van der Waals surface area (Å²) in [6.45, 7) is 1.64. The van der Waals surface area contributed by atoms with Crippen LogP contribution in [-0.2, 0) is 0 Å². The lowest BCUT2D eigenvalue weighted by Crippen LogP contribution is -1.96. The van der Waals surface area contributed by atoms with Gasteiger partial charge in [-0.05, 0) is 30.7 Å². The Bertz CT molecular complexity index is 721. The maximum atomic E-state index is 14.0. The van der Waals surface area contributed by atoms with E-state index in [-0.39, 0.29) is 5.82 Å². The van der Waals surface area contributed by atoms with E-state index in [1.165, 1.54) is 29.2 Å². The van der Waals surface area contributed by atoms with E-state index in [4.69, 9.17) is 0 Å². The van der Waals surface area contributed by atoms with Crippen LogP contribution in [-0.4, -0.2) is 10.1 Å². The Morgan fingerprint density at radius 1 is 1.20 bits per heavy atom. The van der Waals surface area contributed by atoms with Crippen molar-refractivity contribution in [1.29, 1.82) is 0 Å². The second-order valence-corrected chi connectivity index (χ2v) is 6.67. The van der Waals surface area contributed by atoms with E-state index in [9.17, 15) is 9.50 Å². The van der Waals surface area contributed by atoms with Crippen LogP contribution in [0.4, 0.5) is 4.39 Å². The molecule has 5 heteroatoms. The summed E-state index contributed by atoms with van der Waals surface area (Å²) in [6, 6.07) is 12.6. The van der Waals surface area contributed by atoms with Gasteiger partial charge in [0, 0.05) is 0 Å². The minimum absolute atomic E-state index is 0.326. The molecule has 0 unspecified atom stereocenters. The number of thiazole rings is 1. The Labute approximate surface area is 124 Å². The molecule has 3 rings (SSSR count). The normalized spacial score (nSPS) is 12.8. The van der Waals surface area contributed by atoms with Gasteiger partial charge in [-0.25, -0.2) is 9.37 Å². The molecular weight excluding hydrogens is 293 g/mol. The van der Waals surface area contributed by atoms with Gasteiger partial charge in [-0.2, -0.15) is 0 Å². The van der Waals surface area contributed by atoms with Crippen molar-refractivity contribution >= 4 is 33.3 Å². The SMILES string of the molecule is C[C@H](O)c1cccc(F)c1Sc1nc2ccccc2s1. The first-order chi connectivity index (χ1) is 9.65. The molecule has 2 aromatic carbocycles. The molecule has 0 aliphatic rings. The van der Waals surface area contributed by atoms with Gasteiger partial charge in [0.2, 0.25) is 0 Å². The number of fused-ring (bicyclic) bond motifs is 1. The summed E-state index contributed by atoms with van der Waals surface area (Å²) in [4.78, 5) is 4.93. The molecule has 2 nitrogen and oxygen atoms in total. The highest BCUT2D eigenvalue weighted by molar-refractivity contribution is 8.01. The average Bonchev–Trinajstić information content (AvgIpc) is 2.83. The van der Waals surface area contributed by atoms with Crippen molar-refractivity contribution in [2.24, 2.45) is 0 Å². The minimum Gasteiger partial charge on any atom is -0.389 e. The summed E-state index contributed by atoms with van der Waals surface area (Å²) in [5, 5.41) is 9.75. The van der Waals surface area contributed by atoms with Gasteiger partial charge < -0.3 is 5.11 Å². The van der Waals surface area contributed by atoms with Gasteiger partial charge in [-0.3, -0.25) is 0 Å². The molecule has 0 aliphatic carbocycles. The number of rotatable bonds is 3. The maximum Gasteiger partial charge on any atom is 0.156 e. The van der Waals surface area contributed by atoms with E-state index < -0.39 is 6.10 Å². The molecule has 0 saturated heterocycles. The fraction of sp³-hybridized carbons (Fsp3) is 0.133. The summed E-state index contributed by atoms with van der Waals surface area (Å²) in [5.41, 5.74) is 1.50. The third-order valence-corrected chi connectivity index (χ3v) is 5.14. The molecule has 102 valence electrons. The molecule has 0 amide bonds. The predicted octanol–water partition coefficient (Wildman–Crippen LogP) is 4.64. The zero-order chi connectivity index (χ0) is 14.1. The third-order valence-electron chi connectivity index (χ3n) is 2.91. The second-order valence-electron chi connectivity index (χ2n) is 4.38. The number of benzene rings is 2. The average molecular weight is 305 g/mol. The zero-order valence-electron chi connectivity index (χ0n) is 10.7. The Morgan fingerprint density at radius 3 is 2.75 bits per heavy atom. The summed E-state index contributed by atoms with van der Waals surface area (Å²) >= 11 is 2.79. The number of aliphatic hydroxyl groups excluding tert-OH is 1. The molecule has 20 heavy (non-hydrogen) atoms. The van der Waals surface area contributed by atoms with Crippen molar-refractivity contribution in [3.63, 3.8) is 0 Å². The van der Waals surface area contributed by atoms with Gasteiger partial charge in [0.05, 0.1) is 21.2 Å². The first-order valence-corrected chi connectivity index (χ1v) is 7.78. The van der Waals surface area contributed by atoms with Crippen LogP contribution in [0.3, 0.4) is 0 Å². The zero-order valence-corrected chi connectivity index (χ0v) is 12.3. The lowest BCUT2D eigenvalue weighted by Gasteiger charge is -2.10. The predicted molar refractivity (Wildman–Crippen MR) is 80.8 cm³/mol. The van der Waals surface area contributed by atoms with E-state index in [0.29, 0.717) is 10.5 Å². The number of hydrogen-bond acceptors (Lipinski definition) is 4. The Kier molecular flexibility index (Phi) is 3.74. The monoisotopic (exact) mass is 305 g/mol. The summed E-state index contributed by atoms with van der Waals surface area (Å²) in [6.07, 6.45) is -0.706. The van der Waals surface area contributed by atoms with E-state index in [1.54, 1.807) is 19.1 Å². The molecule has 1 heterocycles. The number of hydrogen-bond donors (Lipinski definition) is 1. The Hall–Kier alpha value is -1.43. The smallest absolute Gasteiger partial charge is 0.156 e. The fourth-order valence-corrected chi connectivity index (χ4v) is 4.17. The van der Waals surface area contributed by atoms with E-state index >= 15 is 0 Å². The van der Waals surface area contributed by atoms with Crippen LogP contribution in [0.15, 0.2) is 51.7 Å². The van der Waals surface area contributed by atoms with E-state index in [1.807, 2.05) is 24.3 Å². The molecular formula is C15H12FNOS2. The molecule has 1 aromatic heterocycles. The van der Waals surface area contributed by atoms with Crippen molar-refractivity contribution in [3.8, 4) is 0 Å². The van der Waals surface area contributed by atoms with Crippen LogP contribution < -0.4 is 0 Å². The standard InChI is InChI=1S/C15H12FNOS2/c1-9(18)10-5-4-6-11(16)14(10)20-15-17-12-7-2-3-8-13(12)19-15/h2-9,18H,1H3/t9-/m0/s1. The molecule has 1 atom stereocenters. The van der Waals surface area contributed by atoms with Crippen LogP contribution >= 0.6 is 23.1 Å². The van der Waals surface area contributed by atoms with Crippen molar-refractivity contribution in [2.75, 3.05) is 0 Å². The van der Waals surface area contributed by atoms with E-state index in [0.717, 1.165) is 14.6 Å². The van der Waals surface area contributed by atoms with Crippen LogP contribution in [0.2, 0.25) is 0 Å². The lowest BCUT2D eigenvalue weighted by atomic mass is 10.1. The highest BCUT2D eigenvalue weighted by Gasteiger charge is 2.15. The van der Waals surface area contributed by atoms with Crippen LogP contribution in [0, 0.1) is 5.82 Å². The molecule has 0 spiro atoms. The summed E-state index contributed by atoms with van der Waals surface area (Å²) < 4.78 is 15.8. The lowest BCUT2D eigenvalue weighted by molar-refractivity contribution is 0.195. The molecule has 0 bridgehead atoms. The summed E-state index contributed by atoms with van der Waals surface area (Å²) in [5.74, 6) is -0.326. The number of halogens is 1. The highest BCUT2D eigenvalue weighted by atomic mass is 32.2. The van der Waals surface area contributed by atoms with Crippen molar-refractivity contribution in [1.82, 2.24) is 4.98 Å². The number of aromatic nitrogens is 1. The van der Waals surface area contributed by atoms with E-state index in [2.05, 4.69) is 4.98 Å². The second kappa shape index (κ2) is 5.52. The number of nitrogens with zero attached hydrogens (tertiary/aromatic N) is 1. The van der Waals surface area contributed by atoms with Gasteiger partial charge >= 0.3 is 0 Å². The van der Waals surface area contributed by atoms with Gasteiger partial charge in [0.25, 0.3) is 0 Å². The molecule has 3 aromatic rings.